The van der Waals surface area contributed by atoms with Gasteiger partial charge in [0.2, 0.25) is 0 Å². The van der Waals surface area contributed by atoms with Gasteiger partial charge in [0.1, 0.15) is 11.4 Å². The number of hydrogen-bond donors (Lipinski definition) is 2. The molecule has 0 radical (unpaired) electrons. The number of nitrogens with zero attached hydrogens (tertiary/aromatic N) is 2. The summed E-state index contributed by atoms with van der Waals surface area (Å²) in [5.41, 5.74) is 6.33. The molecule has 122 valence electrons. The summed E-state index contributed by atoms with van der Waals surface area (Å²) in [6, 6.07) is 3.94. The van der Waals surface area contributed by atoms with Gasteiger partial charge in [-0.05, 0) is 18.6 Å². The van der Waals surface area contributed by atoms with Crippen LogP contribution in [0.5, 0.6) is 5.75 Å². The van der Waals surface area contributed by atoms with Gasteiger partial charge in [0.15, 0.2) is 0 Å². The summed E-state index contributed by atoms with van der Waals surface area (Å²) >= 11 is 0. The van der Waals surface area contributed by atoms with E-state index in [1.807, 2.05) is 0 Å². The van der Waals surface area contributed by atoms with Crippen molar-refractivity contribution in [2.24, 2.45) is 5.73 Å². The summed E-state index contributed by atoms with van der Waals surface area (Å²) in [6.07, 6.45) is -2.22. The Kier molecular flexibility index (Phi) is 4.80. The number of ether oxygens (including phenoxy) is 1. The molecule has 6 nitrogen and oxygen atoms in total. The van der Waals surface area contributed by atoms with Gasteiger partial charge < -0.3 is 15.8 Å². The number of aromatic nitrogens is 2. The standard InChI is InChI=1S/C14H13F3N4O2/c1-8-2-3-9(4-12(8)23-14(15,16)17)21-13(22)11-7-19-10(5-18)6-20-11/h2-4,6-7H,5,18H2,1H3,(H,21,22). The Labute approximate surface area is 129 Å². The fraction of sp³-hybridized carbons (Fsp3) is 0.214. The number of anilines is 1. The SMILES string of the molecule is Cc1ccc(NC(=O)c2cnc(CN)cn2)cc1OC(F)(F)F. The van der Waals surface area contributed by atoms with Gasteiger partial charge in [-0.3, -0.25) is 9.78 Å². The zero-order chi connectivity index (χ0) is 17.0. The molecule has 2 rings (SSSR count). The van der Waals surface area contributed by atoms with E-state index in [-0.39, 0.29) is 29.2 Å². The molecule has 0 unspecified atom stereocenters. The minimum absolute atomic E-state index is 0.0149. The largest absolute Gasteiger partial charge is 0.573 e. The van der Waals surface area contributed by atoms with Crippen molar-refractivity contribution in [2.75, 3.05) is 5.32 Å². The molecule has 2 aromatic rings. The fourth-order valence-corrected chi connectivity index (χ4v) is 1.69. The second-order valence-electron chi connectivity index (χ2n) is 4.58. The molecule has 9 heteroatoms. The number of nitrogens with two attached hydrogens (primary N) is 1. The van der Waals surface area contributed by atoms with Gasteiger partial charge in [0.25, 0.3) is 5.91 Å². The molecule has 0 bridgehead atoms. The van der Waals surface area contributed by atoms with Crippen LogP contribution in [0, 0.1) is 6.92 Å². The first-order valence-electron chi connectivity index (χ1n) is 6.47. The maximum absolute atomic E-state index is 12.3. The minimum Gasteiger partial charge on any atom is -0.405 e. The van der Waals surface area contributed by atoms with Crippen LogP contribution in [0.25, 0.3) is 0 Å². The number of carbonyl (C=O) groups is 1. The highest BCUT2D eigenvalue weighted by Gasteiger charge is 2.31. The Morgan fingerprint density at radius 2 is 2.04 bits per heavy atom. The van der Waals surface area contributed by atoms with Crippen molar-refractivity contribution < 1.29 is 22.7 Å². The smallest absolute Gasteiger partial charge is 0.405 e. The van der Waals surface area contributed by atoms with Crippen molar-refractivity contribution in [1.29, 1.82) is 0 Å². The van der Waals surface area contributed by atoms with Crippen molar-refractivity contribution in [3.05, 3.63) is 47.5 Å². The normalized spacial score (nSPS) is 11.2. The monoisotopic (exact) mass is 326 g/mol. The average molecular weight is 326 g/mol. The first kappa shape index (κ1) is 16.7. The van der Waals surface area contributed by atoms with Crippen LogP contribution in [0.15, 0.2) is 30.6 Å². The Bertz CT molecular complexity index is 702. The third kappa shape index (κ3) is 4.65. The molecule has 23 heavy (non-hydrogen) atoms. The predicted octanol–water partition coefficient (Wildman–Crippen LogP) is 2.39. The zero-order valence-electron chi connectivity index (χ0n) is 12.0. The quantitative estimate of drug-likeness (QED) is 0.900. The van der Waals surface area contributed by atoms with Gasteiger partial charge in [-0.2, -0.15) is 0 Å². The molecule has 1 amide bonds. The lowest BCUT2D eigenvalue weighted by atomic mass is 10.2. The Morgan fingerprint density at radius 3 is 2.61 bits per heavy atom. The van der Waals surface area contributed by atoms with Crippen LogP contribution < -0.4 is 15.8 Å². The fourth-order valence-electron chi connectivity index (χ4n) is 1.69. The van der Waals surface area contributed by atoms with E-state index >= 15 is 0 Å². The number of hydrogen-bond acceptors (Lipinski definition) is 5. The van der Waals surface area contributed by atoms with Gasteiger partial charge in [0, 0.05) is 18.3 Å². The summed E-state index contributed by atoms with van der Waals surface area (Å²) in [7, 11) is 0. The highest BCUT2D eigenvalue weighted by atomic mass is 19.4. The molecule has 0 saturated heterocycles. The van der Waals surface area contributed by atoms with Gasteiger partial charge in [-0.15, -0.1) is 13.2 Å². The Morgan fingerprint density at radius 1 is 1.30 bits per heavy atom. The topological polar surface area (TPSA) is 90.1 Å². The first-order chi connectivity index (χ1) is 10.8. The highest BCUT2D eigenvalue weighted by Crippen LogP contribution is 2.28. The number of alkyl halides is 3. The lowest BCUT2D eigenvalue weighted by molar-refractivity contribution is -0.274. The van der Waals surface area contributed by atoms with E-state index in [2.05, 4.69) is 20.0 Å². The lowest BCUT2D eigenvalue weighted by Crippen LogP contribution is -2.18. The van der Waals surface area contributed by atoms with E-state index in [1.165, 1.54) is 31.5 Å². The van der Waals surface area contributed by atoms with Gasteiger partial charge in [0.05, 0.1) is 18.1 Å². The molecular weight excluding hydrogens is 313 g/mol. The maximum Gasteiger partial charge on any atom is 0.573 e. The molecular formula is C14H13F3N4O2. The van der Waals surface area contributed by atoms with Crippen LogP contribution in [-0.2, 0) is 6.54 Å². The van der Waals surface area contributed by atoms with Gasteiger partial charge >= 0.3 is 6.36 Å². The predicted molar refractivity (Wildman–Crippen MR) is 75.7 cm³/mol. The molecule has 1 aromatic carbocycles. The van der Waals surface area contributed by atoms with Gasteiger partial charge in [-0.1, -0.05) is 6.07 Å². The van der Waals surface area contributed by atoms with Crippen molar-refractivity contribution in [3.8, 4) is 5.75 Å². The summed E-state index contributed by atoms with van der Waals surface area (Å²) < 4.78 is 40.8. The van der Waals surface area contributed by atoms with E-state index in [9.17, 15) is 18.0 Å². The molecule has 0 aliphatic rings. The van der Waals surface area contributed by atoms with Crippen LogP contribution in [0.3, 0.4) is 0 Å². The highest BCUT2D eigenvalue weighted by molar-refractivity contribution is 6.02. The molecule has 0 spiro atoms. The lowest BCUT2D eigenvalue weighted by Gasteiger charge is -2.13. The number of carbonyl (C=O) groups excluding carboxylic acids is 1. The molecule has 0 aliphatic heterocycles. The minimum atomic E-state index is -4.81. The molecule has 0 atom stereocenters. The van der Waals surface area contributed by atoms with Crippen molar-refractivity contribution >= 4 is 11.6 Å². The van der Waals surface area contributed by atoms with Crippen LogP contribution in [0.4, 0.5) is 18.9 Å². The molecule has 0 fully saturated rings. The van der Waals surface area contributed by atoms with Crippen LogP contribution in [0.1, 0.15) is 21.7 Å². The molecule has 0 saturated carbocycles. The summed E-state index contributed by atoms with van der Waals surface area (Å²) in [5.74, 6) is -0.997. The van der Waals surface area contributed by atoms with E-state index in [0.29, 0.717) is 5.69 Å². The molecule has 3 N–H and O–H groups in total. The molecule has 1 heterocycles. The summed E-state index contributed by atoms with van der Waals surface area (Å²) in [4.78, 5) is 19.8. The molecule has 1 aromatic heterocycles. The van der Waals surface area contributed by atoms with E-state index in [0.717, 1.165) is 6.07 Å². The summed E-state index contributed by atoms with van der Waals surface area (Å²) in [6.45, 7) is 1.65. The average Bonchev–Trinajstić information content (AvgIpc) is 2.49. The van der Waals surface area contributed by atoms with Crippen molar-refractivity contribution in [1.82, 2.24) is 9.97 Å². The van der Waals surface area contributed by atoms with Gasteiger partial charge in [-0.25, -0.2) is 4.98 Å². The number of halogens is 3. The van der Waals surface area contributed by atoms with E-state index < -0.39 is 12.3 Å². The Balaban J connectivity index is 2.15. The maximum atomic E-state index is 12.3. The second-order valence-corrected chi connectivity index (χ2v) is 4.58. The number of aryl methyl sites for hydroxylation is 1. The first-order valence-corrected chi connectivity index (χ1v) is 6.47. The third-order valence-electron chi connectivity index (χ3n) is 2.82. The van der Waals surface area contributed by atoms with E-state index in [4.69, 9.17) is 5.73 Å². The van der Waals surface area contributed by atoms with E-state index in [1.54, 1.807) is 0 Å². The second kappa shape index (κ2) is 6.61. The third-order valence-corrected chi connectivity index (χ3v) is 2.82. The molecule has 0 aliphatic carbocycles. The Hall–Kier alpha value is -2.68. The number of nitrogens with one attached hydrogen (secondary N) is 1. The van der Waals surface area contributed by atoms with Crippen LogP contribution >= 0.6 is 0 Å². The number of benzene rings is 1. The van der Waals surface area contributed by atoms with Crippen LogP contribution in [0.2, 0.25) is 0 Å². The number of rotatable bonds is 4. The zero-order valence-corrected chi connectivity index (χ0v) is 12.0. The number of amides is 1. The summed E-state index contributed by atoms with van der Waals surface area (Å²) in [5, 5.41) is 2.43. The van der Waals surface area contributed by atoms with Crippen LogP contribution in [-0.4, -0.2) is 22.2 Å². The van der Waals surface area contributed by atoms with Crippen molar-refractivity contribution in [2.45, 2.75) is 19.8 Å². The van der Waals surface area contributed by atoms with Crippen molar-refractivity contribution in [3.63, 3.8) is 0 Å².